The Balaban J connectivity index is 1.61. The van der Waals surface area contributed by atoms with Crippen LogP contribution in [0.15, 0.2) is 42.5 Å². The second-order valence-corrected chi connectivity index (χ2v) is 5.79. The van der Waals surface area contributed by atoms with Crippen molar-refractivity contribution in [2.75, 3.05) is 7.11 Å². The minimum atomic E-state index is -0.679. The highest BCUT2D eigenvalue weighted by atomic mass is 35.5. The zero-order valence-electron chi connectivity index (χ0n) is 13.3. The smallest absolute Gasteiger partial charge is 0.333 e. The number of ether oxygens (including phenoxy) is 1. The van der Waals surface area contributed by atoms with Crippen molar-refractivity contribution in [2.24, 2.45) is 0 Å². The second kappa shape index (κ2) is 6.94. The molecule has 2 amide bonds. The molecule has 25 heavy (non-hydrogen) atoms. The van der Waals surface area contributed by atoms with Crippen LogP contribution in [0, 0.1) is 0 Å². The Morgan fingerprint density at radius 3 is 2.28 bits per heavy atom. The molecule has 0 aliphatic carbocycles. The molecule has 0 atom stereocenters. The van der Waals surface area contributed by atoms with Crippen LogP contribution in [0.3, 0.4) is 0 Å². The molecule has 6 nitrogen and oxygen atoms in total. The molecule has 0 saturated carbocycles. The van der Waals surface area contributed by atoms with Crippen molar-refractivity contribution < 1.29 is 24.0 Å². The number of methoxy groups -OCH3 is 1. The van der Waals surface area contributed by atoms with Crippen LogP contribution in [0.1, 0.15) is 32.7 Å². The lowest BCUT2D eigenvalue weighted by molar-refractivity contribution is -0.168. The van der Waals surface area contributed by atoms with E-state index in [1.807, 2.05) is 0 Å². The maximum atomic E-state index is 12.1. The number of aryl methyl sites for hydroxylation is 1. The fourth-order valence-corrected chi connectivity index (χ4v) is 2.79. The molecule has 1 aliphatic heterocycles. The Morgan fingerprint density at radius 2 is 1.72 bits per heavy atom. The highest BCUT2D eigenvalue weighted by Crippen LogP contribution is 2.26. The minimum Gasteiger partial charge on any atom is -0.495 e. The highest BCUT2D eigenvalue weighted by Gasteiger charge is 2.38. The third kappa shape index (κ3) is 3.34. The zero-order chi connectivity index (χ0) is 18.0. The standard InChI is InChI=1S/C18H14ClNO5/c1-24-15-8-6-11(10-14(15)19)7-9-16(21)25-20-17(22)12-4-2-3-5-13(12)18(20)23/h2-6,8,10H,7,9H2,1H3. The molecule has 0 saturated heterocycles. The number of carbonyl (C=O) groups excluding carboxylic acids is 3. The van der Waals surface area contributed by atoms with Gasteiger partial charge >= 0.3 is 5.97 Å². The van der Waals surface area contributed by atoms with Gasteiger partial charge in [0.15, 0.2) is 0 Å². The van der Waals surface area contributed by atoms with Crippen LogP contribution in [0.2, 0.25) is 5.02 Å². The highest BCUT2D eigenvalue weighted by molar-refractivity contribution is 6.32. The fraction of sp³-hybridized carbons (Fsp3) is 0.167. The van der Waals surface area contributed by atoms with Crippen molar-refractivity contribution in [3.63, 3.8) is 0 Å². The van der Waals surface area contributed by atoms with Crippen LogP contribution in [0.5, 0.6) is 5.75 Å². The summed E-state index contributed by atoms with van der Waals surface area (Å²) in [5.41, 5.74) is 1.26. The van der Waals surface area contributed by atoms with Crippen LogP contribution in [0.4, 0.5) is 0 Å². The number of benzene rings is 2. The Hall–Kier alpha value is -2.86. The van der Waals surface area contributed by atoms with Crippen molar-refractivity contribution in [1.82, 2.24) is 5.06 Å². The van der Waals surface area contributed by atoms with Gasteiger partial charge in [-0.3, -0.25) is 9.59 Å². The van der Waals surface area contributed by atoms with Gasteiger partial charge in [-0.2, -0.15) is 0 Å². The Kier molecular flexibility index (Phi) is 4.72. The van der Waals surface area contributed by atoms with Crippen molar-refractivity contribution in [1.29, 1.82) is 0 Å². The lowest BCUT2D eigenvalue weighted by Gasteiger charge is -2.12. The van der Waals surface area contributed by atoms with Crippen LogP contribution in [-0.4, -0.2) is 30.0 Å². The second-order valence-electron chi connectivity index (χ2n) is 5.38. The normalized spacial score (nSPS) is 13.0. The Bertz CT molecular complexity index is 829. The first-order valence-corrected chi connectivity index (χ1v) is 7.90. The molecule has 0 fully saturated rings. The number of hydroxylamine groups is 2. The zero-order valence-corrected chi connectivity index (χ0v) is 14.1. The summed E-state index contributed by atoms with van der Waals surface area (Å²) in [5.74, 6) is -1.41. The number of nitrogens with zero attached hydrogens (tertiary/aromatic N) is 1. The molecule has 3 rings (SSSR count). The molecule has 128 valence electrons. The van der Waals surface area contributed by atoms with Crippen molar-refractivity contribution in [3.8, 4) is 5.75 Å². The third-order valence-electron chi connectivity index (χ3n) is 3.78. The van der Waals surface area contributed by atoms with Crippen LogP contribution >= 0.6 is 11.6 Å². The van der Waals surface area contributed by atoms with E-state index in [1.54, 1.807) is 30.3 Å². The summed E-state index contributed by atoms with van der Waals surface area (Å²) in [7, 11) is 1.51. The topological polar surface area (TPSA) is 72.9 Å². The largest absolute Gasteiger partial charge is 0.495 e. The van der Waals surface area contributed by atoms with Crippen molar-refractivity contribution in [2.45, 2.75) is 12.8 Å². The van der Waals surface area contributed by atoms with E-state index in [2.05, 4.69) is 0 Å². The molecular formula is C18H14ClNO5. The summed E-state index contributed by atoms with van der Waals surface area (Å²) in [6.45, 7) is 0. The van der Waals surface area contributed by atoms with Gasteiger partial charge in [0.1, 0.15) is 5.75 Å². The first kappa shape index (κ1) is 17.0. The lowest BCUT2D eigenvalue weighted by Crippen LogP contribution is -2.32. The number of fused-ring (bicyclic) bond motifs is 1. The van der Waals surface area contributed by atoms with E-state index in [9.17, 15) is 14.4 Å². The number of amides is 2. The SMILES string of the molecule is COc1ccc(CCC(=O)ON2C(=O)c3ccccc3C2=O)cc1Cl. The maximum absolute atomic E-state index is 12.1. The van der Waals surface area contributed by atoms with Gasteiger partial charge in [-0.25, -0.2) is 4.79 Å². The monoisotopic (exact) mass is 359 g/mol. The summed E-state index contributed by atoms with van der Waals surface area (Å²) in [5, 5.41) is 0.947. The first-order chi connectivity index (χ1) is 12.0. The van der Waals surface area contributed by atoms with Crippen LogP contribution in [-0.2, 0) is 16.1 Å². The van der Waals surface area contributed by atoms with E-state index in [0.717, 1.165) is 5.56 Å². The Labute approximate surface area is 148 Å². The molecule has 0 radical (unpaired) electrons. The predicted molar refractivity (Wildman–Crippen MR) is 89.4 cm³/mol. The fourth-order valence-electron chi connectivity index (χ4n) is 2.51. The number of hydrogen-bond acceptors (Lipinski definition) is 5. The number of hydrogen-bond donors (Lipinski definition) is 0. The number of carbonyl (C=O) groups is 3. The lowest BCUT2D eigenvalue weighted by atomic mass is 10.1. The molecular weight excluding hydrogens is 346 g/mol. The van der Waals surface area contributed by atoms with E-state index >= 15 is 0 Å². The van der Waals surface area contributed by atoms with Crippen LogP contribution < -0.4 is 4.74 Å². The first-order valence-electron chi connectivity index (χ1n) is 7.52. The molecule has 0 aromatic heterocycles. The minimum absolute atomic E-state index is 0.00391. The molecule has 2 aromatic carbocycles. The van der Waals surface area contributed by atoms with Gasteiger partial charge in [0, 0.05) is 0 Å². The summed E-state index contributed by atoms with van der Waals surface area (Å²) >= 11 is 6.03. The van der Waals surface area contributed by atoms with E-state index in [0.29, 0.717) is 22.3 Å². The third-order valence-corrected chi connectivity index (χ3v) is 4.08. The summed E-state index contributed by atoms with van der Waals surface area (Å²) < 4.78 is 5.06. The molecule has 0 N–H and O–H groups in total. The van der Waals surface area contributed by atoms with E-state index < -0.39 is 17.8 Å². The van der Waals surface area contributed by atoms with E-state index in [1.165, 1.54) is 19.2 Å². The van der Waals surface area contributed by atoms with E-state index in [4.69, 9.17) is 21.2 Å². The average Bonchev–Trinajstić information content (AvgIpc) is 2.85. The van der Waals surface area contributed by atoms with Gasteiger partial charge in [0.05, 0.1) is 29.7 Å². The maximum Gasteiger partial charge on any atom is 0.333 e. The van der Waals surface area contributed by atoms with Gasteiger partial charge in [-0.05, 0) is 36.2 Å². The quantitative estimate of drug-likeness (QED) is 0.767. The number of imide groups is 1. The molecule has 1 aliphatic rings. The molecule has 1 heterocycles. The molecule has 2 aromatic rings. The van der Waals surface area contributed by atoms with Gasteiger partial charge in [0.2, 0.25) is 0 Å². The van der Waals surface area contributed by atoms with Gasteiger partial charge < -0.3 is 9.57 Å². The summed E-state index contributed by atoms with van der Waals surface area (Å²) in [6.07, 6.45) is 0.349. The molecule has 0 bridgehead atoms. The van der Waals surface area contributed by atoms with E-state index in [-0.39, 0.29) is 17.5 Å². The number of halogens is 1. The Morgan fingerprint density at radius 1 is 1.08 bits per heavy atom. The van der Waals surface area contributed by atoms with Gasteiger partial charge in [0.25, 0.3) is 11.8 Å². The number of rotatable bonds is 5. The summed E-state index contributed by atoms with van der Waals surface area (Å²) in [4.78, 5) is 41.2. The van der Waals surface area contributed by atoms with Gasteiger partial charge in [-0.1, -0.05) is 34.9 Å². The molecule has 7 heteroatoms. The predicted octanol–water partition coefficient (Wildman–Crippen LogP) is 3.04. The summed E-state index contributed by atoms with van der Waals surface area (Å²) in [6, 6.07) is 11.5. The molecule has 0 unspecified atom stereocenters. The molecule has 0 spiro atoms. The van der Waals surface area contributed by atoms with Crippen LogP contribution in [0.25, 0.3) is 0 Å². The average molecular weight is 360 g/mol. The van der Waals surface area contributed by atoms with Crippen molar-refractivity contribution in [3.05, 3.63) is 64.2 Å². The van der Waals surface area contributed by atoms with Crippen molar-refractivity contribution >= 4 is 29.4 Å². The van der Waals surface area contributed by atoms with Gasteiger partial charge in [-0.15, -0.1) is 0 Å².